The maximum atomic E-state index is 13.4. The highest BCUT2D eigenvalue weighted by atomic mass is 16.5. The van der Waals surface area contributed by atoms with Crippen LogP contribution in [0.4, 0.5) is 10.5 Å². The first-order chi connectivity index (χ1) is 16.5. The van der Waals surface area contributed by atoms with E-state index < -0.39 is 30.4 Å². The number of carbonyl (C=O) groups excluding carboxylic acids is 3. The molecular weight excluding hydrogens is 434 g/mol. The van der Waals surface area contributed by atoms with Crippen LogP contribution in [0.2, 0.25) is 0 Å². The molecule has 174 valence electrons. The highest BCUT2D eigenvalue weighted by Gasteiger charge is 2.46. The number of nitrogens with zero attached hydrogens (tertiary/aromatic N) is 2. The average molecular weight is 460 g/mol. The second kappa shape index (κ2) is 10.1. The van der Waals surface area contributed by atoms with E-state index in [9.17, 15) is 14.4 Å². The Morgan fingerprint density at radius 1 is 0.912 bits per heavy atom. The number of imide groups is 1. The molecule has 0 saturated carbocycles. The zero-order valence-electron chi connectivity index (χ0n) is 18.9. The van der Waals surface area contributed by atoms with Crippen LogP contribution in [0.1, 0.15) is 17.2 Å². The number of ether oxygens (including phenoxy) is 2. The summed E-state index contributed by atoms with van der Waals surface area (Å²) in [6.07, 6.45) is 0. The van der Waals surface area contributed by atoms with Gasteiger partial charge in [-0.2, -0.15) is 0 Å². The molecule has 1 fully saturated rings. The second-order valence-electron chi connectivity index (χ2n) is 7.75. The molecule has 1 aliphatic heterocycles. The molecule has 3 aromatic rings. The fourth-order valence-electron chi connectivity index (χ4n) is 3.92. The lowest BCUT2D eigenvalue weighted by molar-refractivity contribution is -0.131. The number of benzene rings is 3. The van der Waals surface area contributed by atoms with Crippen molar-refractivity contribution in [1.82, 2.24) is 9.80 Å². The van der Waals surface area contributed by atoms with Gasteiger partial charge in [0.2, 0.25) is 5.91 Å². The minimum atomic E-state index is -0.808. The van der Waals surface area contributed by atoms with Gasteiger partial charge in [0.1, 0.15) is 24.1 Å². The largest absolute Gasteiger partial charge is 0.497 e. The monoisotopic (exact) mass is 459 g/mol. The number of methoxy groups -OCH3 is 2. The minimum Gasteiger partial charge on any atom is -0.497 e. The Balaban J connectivity index is 1.56. The van der Waals surface area contributed by atoms with Crippen LogP contribution in [0.3, 0.4) is 0 Å². The first kappa shape index (κ1) is 22.8. The lowest BCUT2D eigenvalue weighted by Gasteiger charge is -2.22. The third-order valence-corrected chi connectivity index (χ3v) is 5.58. The van der Waals surface area contributed by atoms with Gasteiger partial charge in [0, 0.05) is 12.6 Å². The van der Waals surface area contributed by atoms with Crippen molar-refractivity contribution in [2.75, 3.05) is 26.1 Å². The van der Waals surface area contributed by atoms with Gasteiger partial charge in [-0.05, 0) is 23.3 Å². The van der Waals surface area contributed by atoms with Gasteiger partial charge in [-0.1, -0.05) is 60.7 Å². The molecule has 34 heavy (non-hydrogen) atoms. The van der Waals surface area contributed by atoms with Crippen LogP contribution in [0.25, 0.3) is 0 Å². The van der Waals surface area contributed by atoms with Crippen LogP contribution in [0.15, 0.2) is 78.9 Å². The van der Waals surface area contributed by atoms with Crippen LogP contribution in [-0.2, 0) is 16.1 Å². The standard InChI is InChI=1S/C26H25N3O5/c1-33-20-13-14-21(22(15-20)34-2)27-23(30)17-29-25(31)24(19-11-7-4-8-12-19)28(26(29)32)16-18-9-5-3-6-10-18/h3-15,24H,16-17H2,1-2H3,(H,27,30). The molecule has 1 atom stereocenters. The fraction of sp³-hybridized carbons (Fsp3) is 0.192. The lowest BCUT2D eigenvalue weighted by atomic mass is 10.1. The maximum absolute atomic E-state index is 13.4. The fourth-order valence-corrected chi connectivity index (χ4v) is 3.92. The third-order valence-electron chi connectivity index (χ3n) is 5.58. The molecule has 0 radical (unpaired) electrons. The third kappa shape index (κ3) is 4.71. The Labute approximate surface area is 197 Å². The zero-order chi connectivity index (χ0) is 24.1. The van der Waals surface area contributed by atoms with E-state index in [4.69, 9.17) is 9.47 Å². The second-order valence-corrected chi connectivity index (χ2v) is 7.75. The number of urea groups is 1. The Morgan fingerprint density at radius 2 is 1.59 bits per heavy atom. The SMILES string of the molecule is COc1ccc(NC(=O)CN2C(=O)C(c3ccccc3)N(Cc3ccccc3)C2=O)c(OC)c1. The molecule has 0 aromatic heterocycles. The number of hydrogen-bond donors (Lipinski definition) is 1. The Bertz CT molecular complexity index is 1180. The molecule has 1 unspecified atom stereocenters. The molecule has 0 aliphatic carbocycles. The van der Waals surface area contributed by atoms with Crippen LogP contribution < -0.4 is 14.8 Å². The van der Waals surface area contributed by atoms with E-state index in [-0.39, 0.29) is 6.54 Å². The van der Waals surface area contributed by atoms with Gasteiger partial charge in [0.15, 0.2) is 0 Å². The lowest BCUT2D eigenvalue weighted by Crippen LogP contribution is -2.38. The van der Waals surface area contributed by atoms with Crippen molar-refractivity contribution in [2.24, 2.45) is 0 Å². The Morgan fingerprint density at radius 3 is 2.24 bits per heavy atom. The van der Waals surface area contributed by atoms with E-state index in [1.165, 1.54) is 19.1 Å². The molecule has 4 amide bonds. The molecule has 4 rings (SSSR count). The molecule has 1 aliphatic rings. The average Bonchev–Trinajstić information content (AvgIpc) is 3.09. The van der Waals surface area contributed by atoms with Gasteiger partial charge in [-0.15, -0.1) is 0 Å². The predicted octanol–water partition coefficient (Wildman–Crippen LogP) is 3.85. The molecule has 8 heteroatoms. The van der Waals surface area contributed by atoms with E-state index in [2.05, 4.69) is 5.32 Å². The molecule has 8 nitrogen and oxygen atoms in total. The summed E-state index contributed by atoms with van der Waals surface area (Å²) < 4.78 is 10.5. The Hall–Kier alpha value is -4.33. The van der Waals surface area contributed by atoms with Crippen LogP contribution >= 0.6 is 0 Å². The number of carbonyl (C=O) groups is 3. The van der Waals surface area contributed by atoms with Gasteiger partial charge in [0.05, 0.1) is 19.9 Å². The van der Waals surface area contributed by atoms with Gasteiger partial charge >= 0.3 is 6.03 Å². The Kier molecular flexibility index (Phi) is 6.77. The number of hydrogen-bond acceptors (Lipinski definition) is 5. The number of amides is 4. The highest BCUT2D eigenvalue weighted by Crippen LogP contribution is 2.33. The first-order valence-corrected chi connectivity index (χ1v) is 10.7. The van der Waals surface area contributed by atoms with E-state index in [0.29, 0.717) is 22.7 Å². The summed E-state index contributed by atoms with van der Waals surface area (Å²) in [6.45, 7) is -0.170. The van der Waals surface area contributed by atoms with Gasteiger partial charge in [0.25, 0.3) is 5.91 Å². The summed E-state index contributed by atoms with van der Waals surface area (Å²) in [6, 6.07) is 22.2. The van der Waals surface area contributed by atoms with Crippen LogP contribution in [0, 0.1) is 0 Å². The van der Waals surface area contributed by atoms with E-state index in [0.717, 1.165) is 10.5 Å². The van der Waals surface area contributed by atoms with Gasteiger partial charge in [-0.3, -0.25) is 14.5 Å². The molecule has 0 bridgehead atoms. The van der Waals surface area contributed by atoms with Crippen molar-refractivity contribution >= 4 is 23.5 Å². The topological polar surface area (TPSA) is 88.2 Å². The minimum absolute atomic E-state index is 0.245. The summed E-state index contributed by atoms with van der Waals surface area (Å²) in [5.41, 5.74) is 1.99. The smallest absolute Gasteiger partial charge is 0.328 e. The van der Waals surface area contributed by atoms with Crippen molar-refractivity contribution in [3.8, 4) is 11.5 Å². The molecule has 1 saturated heterocycles. The van der Waals surface area contributed by atoms with Crippen LogP contribution in [-0.4, -0.2) is 48.4 Å². The number of rotatable bonds is 8. The summed E-state index contributed by atoms with van der Waals surface area (Å²) >= 11 is 0. The molecule has 3 aromatic carbocycles. The van der Waals surface area contributed by atoms with E-state index in [1.807, 2.05) is 48.5 Å². The number of nitrogens with one attached hydrogen (secondary N) is 1. The van der Waals surface area contributed by atoms with Gasteiger partial charge in [-0.25, -0.2) is 4.79 Å². The summed E-state index contributed by atoms with van der Waals surface area (Å²) in [5.74, 6) is 0.0177. The van der Waals surface area contributed by atoms with E-state index >= 15 is 0 Å². The number of anilines is 1. The zero-order valence-corrected chi connectivity index (χ0v) is 18.9. The summed E-state index contributed by atoms with van der Waals surface area (Å²) in [7, 11) is 3.01. The molecule has 1 N–H and O–H groups in total. The van der Waals surface area contributed by atoms with Crippen molar-refractivity contribution < 1.29 is 23.9 Å². The van der Waals surface area contributed by atoms with Gasteiger partial charge < -0.3 is 19.7 Å². The molecular formula is C26H25N3O5. The summed E-state index contributed by atoms with van der Waals surface area (Å²) in [5, 5.41) is 2.72. The van der Waals surface area contributed by atoms with Crippen LogP contribution in [0.5, 0.6) is 11.5 Å². The molecule has 1 heterocycles. The quantitative estimate of drug-likeness (QED) is 0.517. The predicted molar refractivity (Wildman–Crippen MR) is 126 cm³/mol. The summed E-state index contributed by atoms with van der Waals surface area (Å²) in [4.78, 5) is 42.0. The normalized spacial score (nSPS) is 15.4. The van der Waals surface area contributed by atoms with Crippen molar-refractivity contribution in [3.63, 3.8) is 0 Å². The van der Waals surface area contributed by atoms with Crippen molar-refractivity contribution in [2.45, 2.75) is 12.6 Å². The first-order valence-electron chi connectivity index (χ1n) is 10.7. The van der Waals surface area contributed by atoms with Crippen molar-refractivity contribution in [1.29, 1.82) is 0 Å². The van der Waals surface area contributed by atoms with E-state index in [1.54, 1.807) is 30.3 Å². The molecule has 0 spiro atoms. The highest BCUT2D eigenvalue weighted by molar-refractivity contribution is 6.08. The van der Waals surface area contributed by atoms with Crippen molar-refractivity contribution in [3.05, 3.63) is 90.0 Å². The maximum Gasteiger partial charge on any atom is 0.328 e.